The van der Waals surface area contributed by atoms with Gasteiger partial charge in [0.15, 0.2) is 0 Å². The molecule has 5 nitrogen and oxygen atoms in total. The van der Waals surface area contributed by atoms with Crippen LogP contribution in [0.5, 0.6) is 0 Å². The summed E-state index contributed by atoms with van der Waals surface area (Å²) in [6.45, 7) is 0.778. The zero-order valence-corrected chi connectivity index (χ0v) is 15.5. The summed E-state index contributed by atoms with van der Waals surface area (Å²) < 4.78 is 1.93. The van der Waals surface area contributed by atoms with Crippen molar-refractivity contribution in [3.63, 3.8) is 0 Å². The van der Waals surface area contributed by atoms with Crippen molar-refractivity contribution in [1.29, 1.82) is 0 Å². The average Bonchev–Trinajstić information content (AvgIpc) is 3.47. The SMILES string of the molecule is O=C(c1ccc2nc(-c3ccccc3)cn2c1)N1CCC[C@@H]1c1nccs1. The van der Waals surface area contributed by atoms with Gasteiger partial charge in [0.25, 0.3) is 5.91 Å². The number of likely N-dealkylation sites (tertiary alicyclic amines) is 1. The van der Waals surface area contributed by atoms with Crippen molar-refractivity contribution >= 4 is 22.9 Å². The monoisotopic (exact) mass is 374 g/mol. The Labute approximate surface area is 160 Å². The van der Waals surface area contributed by atoms with Crippen LogP contribution in [0.2, 0.25) is 0 Å². The van der Waals surface area contributed by atoms with Crippen molar-refractivity contribution in [2.45, 2.75) is 18.9 Å². The summed E-state index contributed by atoms with van der Waals surface area (Å²) in [5, 5.41) is 3.00. The Morgan fingerprint density at radius 3 is 2.81 bits per heavy atom. The lowest BCUT2D eigenvalue weighted by Crippen LogP contribution is -2.30. The third-order valence-corrected chi connectivity index (χ3v) is 5.89. The van der Waals surface area contributed by atoms with Gasteiger partial charge in [-0.1, -0.05) is 30.3 Å². The molecule has 1 aliphatic heterocycles. The maximum atomic E-state index is 13.1. The highest BCUT2D eigenvalue weighted by Gasteiger charge is 2.32. The van der Waals surface area contributed by atoms with E-state index in [1.54, 1.807) is 11.3 Å². The number of aromatic nitrogens is 3. The number of carbonyl (C=O) groups is 1. The molecule has 1 amide bonds. The quantitative estimate of drug-likeness (QED) is 0.533. The van der Waals surface area contributed by atoms with Crippen LogP contribution < -0.4 is 0 Å². The van der Waals surface area contributed by atoms with Gasteiger partial charge in [-0.3, -0.25) is 4.79 Å². The maximum Gasteiger partial charge on any atom is 0.255 e. The highest BCUT2D eigenvalue weighted by atomic mass is 32.1. The number of carbonyl (C=O) groups excluding carboxylic acids is 1. The standard InChI is InChI=1S/C21H18N4OS/c26-21(25-11-4-7-18(25)20-22-10-12-27-20)16-8-9-19-23-17(14-24(19)13-16)15-5-2-1-3-6-15/h1-3,5-6,8-10,12-14,18H,4,7,11H2/t18-/m1/s1. The normalized spacial score (nSPS) is 16.9. The van der Waals surface area contributed by atoms with Crippen molar-refractivity contribution < 1.29 is 4.79 Å². The first kappa shape index (κ1) is 16.2. The fourth-order valence-electron chi connectivity index (χ4n) is 3.70. The molecule has 0 radical (unpaired) electrons. The van der Waals surface area contributed by atoms with Gasteiger partial charge in [-0.05, 0) is 25.0 Å². The number of benzene rings is 1. The van der Waals surface area contributed by atoms with Crippen LogP contribution in [0.3, 0.4) is 0 Å². The summed E-state index contributed by atoms with van der Waals surface area (Å²) in [6, 6.07) is 13.9. The van der Waals surface area contributed by atoms with E-state index in [1.807, 2.05) is 75.7 Å². The second-order valence-electron chi connectivity index (χ2n) is 6.70. The lowest BCUT2D eigenvalue weighted by atomic mass is 10.2. The molecule has 1 aromatic carbocycles. The molecule has 134 valence electrons. The van der Waals surface area contributed by atoms with Gasteiger partial charge in [0.2, 0.25) is 0 Å². The Kier molecular flexibility index (Phi) is 3.98. The van der Waals surface area contributed by atoms with E-state index in [9.17, 15) is 4.79 Å². The van der Waals surface area contributed by atoms with Crippen LogP contribution >= 0.6 is 11.3 Å². The van der Waals surface area contributed by atoms with Crippen LogP contribution in [0.25, 0.3) is 16.9 Å². The van der Waals surface area contributed by atoms with Crippen molar-refractivity contribution in [3.8, 4) is 11.3 Å². The minimum atomic E-state index is 0.0598. The Morgan fingerprint density at radius 2 is 2.00 bits per heavy atom. The Balaban J connectivity index is 1.47. The van der Waals surface area contributed by atoms with Crippen LogP contribution in [-0.4, -0.2) is 31.7 Å². The molecule has 3 aromatic heterocycles. The summed E-state index contributed by atoms with van der Waals surface area (Å²) in [5.41, 5.74) is 3.49. The third kappa shape index (κ3) is 2.92. The lowest BCUT2D eigenvalue weighted by molar-refractivity contribution is 0.0735. The van der Waals surface area contributed by atoms with E-state index < -0.39 is 0 Å². The molecule has 1 fully saturated rings. The van der Waals surface area contributed by atoms with Gasteiger partial charge >= 0.3 is 0 Å². The smallest absolute Gasteiger partial charge is 0.255 e. The highest BCUT2D eigenvalue weighted by molar-refractivity contribution is 7.09. The number of thiazole rings is 1. The number of rotatable bonds is 3. The molecule has 1 aliphatic rings. The molecule has 27 heavy (non-hydrogen) atoms. The molecule has 0 spiro atoms. The van der Waals surface area contributed by atoms with E-state index in [2.05, 4.69) is 9.97 Å². The molecule has 1 saturated heterocycles. The van der Waals surface area contributed by atoms with Crippen molar-refractivity contribution in [1.82, 2.24) is 19.3 Å². The summed E-state index contributed by atoms with van der Waals surface area (Å²) in [4.78, 5) is 24.2. The molecule has 0 saturated carbocycles. The van der Waals surface area contributed by atoms with Gasteiger partial charge in [0.05, 0.1) is 17.3 Å². The van der Waals surface area contributed by atoms with Gasteiger partial charge in [-0.15, -0.1) is 11.3 Å². The first-order valence-corrected chi connectivity index (χ1v) is 9.92. The number of pyridine rings is 1. The molecule has 4 aromatic rings. The van der Waals surface area contributed by atoms with Gasteiger partial charge < -0.3 is 9.30 Å². The Morgan fingerprint density at radius 1 is 1.11 bits per heavy atom. The fraction of sp³-hybridized carbons (Fsp3) is 0.190. The Bertz CT molecular complexity index is 1090. The summed E-state index contributed by atoms with van der Waals surface area (Å²) in [6.07, 6.45) is 7.66. The van der Waals surface area contributed by atoms with E-state index in [4.69, 9.17) is 0 Å². The minimum Gasteiger partial charge on any atom is -0.329 e. The van der Waals surface area contributed by atoms with Gasteiger partial charge in [-0.2, -0.15) is 0 Å². The summed E-state index contributed by atoms with van der Waals surface area (Å²) in [7, 11) is 0. The van der Waals surface area contributed by atoms with Gasteiger partial charge in [0, 0.05) is 36.1 Å². The molecule has 0 bridgehead atoms. The fourth-order valence-corrected chi connectivity index (χ4v) is 4.48. The zero-order chi connectivity index (χ0) is 18.2. The third-order valence-electron chi connectivity index (χ3n) is 5.02. The summed E-state index contributed by atoms with van der Waals surface area (Å²) in [5.74, 6) is 0.0598. The van der Waals surface area contributed by atoms with E-state index in [0.717, 1.165) is 41.3 Å². The van der Waals surface area contributed by atoms with Crippen molar-refractivity contribution in [2.24, 2.45) is 0 Å². The molecule has 6 heteroatoms. The van der Waals surface area contributed by atoms with Crippen LogP contribution in [0.4, 0.5) is 0 Å². The van der Waals surface area contributed by atoms with E-state index >= 15 is 0 Å². The predicted octanol–water partition coefficient (Wildman–Crippen LogP) is 4.44. The largest absolute Gasteiger partial charge is 0.329 e. The number of fused-ring (bicyclic) bond motifs is 1. The molecule has 1 atom stereocenters. The molecule has 0 unspecified atom stereocenters. The first-order chi connectivity index (χ1) is 13.3. The van der Waals surface area contributed by atoms with E-state index in [-0.39, 0.29) is 11.9 Å². The molecular weight excluding hydrogens is 356 g/mol. The van der Waals surface area contributed by atoms with E-state index in [1.165, 1.54) is 0 Å². The minimum absolute atomic E-state index is 0.0598. The first-order valence-electron chi connectivity index (χ1n) is 9.04. The second kappa shape index (κ2) is 6.63. The number of hydrogen-bond acceptors (Lipinski definition) is 4. The predicted molar refractivity (Wildman–Crippen MR) is 106 cm³/mol. The van der Waals surface area contributed by atoms with Crippen molar-refractivity contribution in [2.75, 3.05) is 6.54 Å². The second-order valence-corrected chi connectivity index (χ2v) is 7.63. The van der Waals surface area contributed by atoms with Crippen LogP contribution in [0.1, 0.15) is 34.2 Å². The molecule has 5 rings (SSSR count). The number of imidazole rings is 1. The molecule has 0 N–H and O–H groups in total. The van der Waals surface area contributed by atoms with Gasteiger partial charge in [-0.25, -0.2) is 9.97 Å². The lowest BCUT2D eigenvalue weighted by Gasteiger charge is -2.23. The topological polar surface area (TPSA) is 50.5 Å². The molecule has 4 heterocycles. The van der Waals surface area contributed by atoms with E-state index in [0.29, 0.717) is 5.56 Å². The summed E-state index contributed by atoms with van der Waals surface area (Å²) >= 11 is 1.62. The molecule has 0 aliphatic carbocycles. The maximum absolute atomic E-state index is 13.1. The molecular formula is C21H18N4OS. The number of hydrogen-bond donors (Lipinski definition) is 0. The van der Waals surface area contributed by atoms with Crippen LogP contribution in [0.15, 0.2) is 66.4 Å². The van der Waals surface area contributed by atoms with Crippen LogP contribution in [0, 0.1) is 0 Å². The highest BCUT2D eigenvalue weighted by Crippen LogP contribution is 2.34. The van der Waals surface area contributed by atoms with Crippen molar-refractivity contribution in [3.05, 3.63) is 77.0 Å². The zero-order valence-electron chi connectivity index (χ0n) is 14.7. The number of nitrogens with zero attached hydrogens (tertiary/aromatic N) is 4. The van der Waals surface area contributed by atoms with Crippen LogP contribution in [-0.2, 0) is 0 Å². The number of amides is 1. The average molecular weight is 374 g/mol. The Hall–Kier alpha value is -2.99. The van der Waals surface area contributed by atoms with Gasteiger partial charge in [0.1, 0.15) is 10.7 Å².